The zero-order valence-electron chi connectivity index (χ0n) is 12.7. The molecule has 24 heavy (non-hydrogen) atoms. The lowest BCUT2D eigenvalue weighted by Gasteiger charge is -1.94. The quantitative estimate of drug-likeness (QED) is 0.369. The number of carbonyl (C=O) groups is 4. The molecule has 0 heterocycles. The van der Waals surface area contributed by atoms with Crippen LogP contribution in [-0.2, 0) is 9.59 Å². The molecule has 0 aromatic heterocycles. The van der Waals surface area contributed by atoms with Crippen LogP contribution in [0.1, 0.15) is 33.6 Å². The topological polar surface area (TPSA) is 201 Å². The predicted octanol–water partition coefficient (Wildman–Crippen LogP) is -1.21. The van der Waals surface area contributed by atoms with Crippen LogP contribution >= 0.6 is 0 Å². The highest BCUT2D eigenvalue weighted by molar-refractivity contribution is 5.91. The lowest BCUT2D eigenvalue weighted by atomic mass is 10.1. The first-order chi connectivity index (χ1) is 11.1. The van der Waals surface area contributed by atoms with Gasteiger partial charge in [0.15, 0.2) is 0 Å². The summed E-state index contributed by atoms with van der Waals surface area (Å²) in [6.07, 6.45) is 0.139. The number of aliphatic hydroxyl groups excluding tert-OH is 2. The van der Waals surface area contributed by atoms with Gasteiger partial charge in [0.1, 0.15) is 0 Å². The van der Waals surface area contributed by atoms with Crippen molar-refractivity contribution in [2.75, 3.05) is 13.2 Å². The summed E-state index contributed by atoms with van der Waals surface area (Å²) in [5.41, 5.74) is 9.37. The standard InChI is InChI=1S/C8H6O4.2C3H7NO2/c9-7(10)5-1-2-6(4-3-5)8(11)12;2*4-3(6)1-2-5/h1-4H,(H,9,10)(H,11,12);2*5H,1-2H2,(H2,4,6). The maximum absolute atomic E-state index is 10.3. The normalized spacial score (nSPS) is 8.75. The maximum Gasteiger partial charge on any atom is 0.335 e. The summed E-state index contributed by atoms with van der Waals surface area (Å²) in [7, 11) is 0. The summed E-state index contributed by atoms with van der Waals surface area (Å²) >= 11 is 0. The van der Waals surface area contributed by atoms with Gasteiger partial charge in [-0.1, -0.05) is 0 Å². The summed E-state index contributed by atoms with van der Waals surface area (Å²) in [4.78, 5) is 40.0. The van der Waals surface area contributed by atoms with Crippen LogP contribution in [0.15, 0.2) is 24.3 Å². The van der Waals surface area contributed by atoms with Crippen molar-refractivity contribution in [2.24, 2.45) is 11.5 Å². The van der Waals surface area contributed by atoms with Gasteiger partial charge < -0.3 is 31.9 Å². The fraction of sp³-hybridized carbons (Fsp3) is 0.286. The molecule has 0 saturated carbocycles. The molecule has 0 aliphatic rings. The Labute approximate surface area is 137 Å². The Hall–Kier alpha value is -2.98. The molecule has 0 aliphatic carbocycles. The van der Waals surface area contributed by atoms with Crippen molar-refractivity contribution in [3.8, 4) is 0 Å². The number of amides is 2. The molecule has 0 aliphatic heterocycles. The Balaban J connectivity index is 0. The molecule has 0 radical (unpaired) electrons. The minimum Gasteiger partial charge on any atom is -0.478 e. The number of benzene rings is 1. The number of primary amides is 2. The molecule has 1 rings (SSSR count). The van der Waals surface area contributed by atoms with Crippen LogP contribution in [0.25, 0.3) is 0 Å². The van der Waals surface area contributed by atoms with Crippen molar-refractivity contribution in [3.05, 3.63) is 35.4 Å². The van der Waals surface area contributed by atoms with Crippen molar-refractivity contribution in [1.82, 2.24) is 0 Å². The Morgan fingerprint density at radius 1 is 0.708 bits per heavy atom. The first-order valence-electron chi connectivity index (χ1n) is 6.50. The van der Waals surface area contributed by atoms with Gasteiger partial charge in [-0.3, -0.25) is 9.59 Å². The highest BCUT2D eigenvalue weighted by atomic mass is 16.4. The second kappa shape index (κ2) is 13.7. The first-order valence-corrected chi connectivity index (χ1v) is 6.50. The summed E-state index contributed by atoms with van der Waals surface area (Å²) in [6, 6.07) is 5.02. The average molecular weight is 344 g/mol. The van der Waals surface area contributed by atoms with E-state index in [1.54, 1.807) is 0 Å². The zero-order valence-corrected chi connectivity index (χ0v) is 12.7. The monoisotopic (exact) mass is 344 g/mol. The highest BCUT2D eigenvalue weighted by Crippen LogP contribution is 2.03. The van der Waals surface area contributed by atoms with E-state index in [9.17, 15) is 19.2 Å². The number of hydrogen-bond donors (Lipinski definition) is 6. The summed E-state index contributed by atoms with van der Waals surface area (Å²) < 4.78 is 0. The molecular formula is C14H20N2O8. The third kappa shape index (κ3) is 14.0. The molecule has 0 spiro atoms. The van der Waals surface area contributed by atoms with E-state index in [1.807, 2.05) is 0 Å². The minimum atomic E-state index is -1.06. The third-order valence-corrected chi connectivity index (χ3v) is 2.10. The van der Waals surface area contributed by atoms with Gasteiger partial charge in [0.2, 0.25) is 11.8 Å². The average Bonchev–Trinajstić information content (AvgIpc) is 2.48. The van der Waals surface area contributed by atoms with Crippen LogP contribution < -0.4 is 11.5 Å². The van der Waals surface area contributed by atoms with Gasteiger partial charge in [0.25, 0.3) is 0 Å². The number of rotatable bonds is 6. The SMILES string of the molecule is NC(=O)CCO.NC(=O)CCO.O=C(O)c1ccc(C(=O)O)cc1. The molecule has 1 aromatic rings. The molecule has 0 bridgehead atoms. The number of carbonyl (C=O) groups excluding carboxylic acids is 2. The number of nitrogens with two attached hydrogens (primary N) is 2. The number of aliphatic hydroxyl groups is 2. The molecule has 1 aromatic carbocycles. The number of carboxylic acids is 2. The minimum absolute atomic E-state index is 0.0694. The van der Waals surface area contributed by atoms with Gasteiger partial charge in [-0.05, 0) is 24.3 Å². The number of carboxylic acid groups (broad SMARTS) is 2. The molecular weight excluding hydrogens is 324 g/mol. The molecule has 8 N–H and O–H groups in total. The predicted molar refractivity (Wildman–Crippen MR) is 82.2 cm³/mol. The number of aromatic carboxylic acids is 2. The Morgan fingerprint density at radius 3 is 1.04 bits per heavy atom. The Morgan fingerprint density at radius 2 is 0.958 bits per heavy atom. The lowest BCUT2D eigenvalue weighted by molar-refractivity contribution is -0.119. The van der Waals surface area contributed by atoms with Crippen molar-refractivity contribution in [2.45, 2.75) is 12.8 Å². The fourth-order valence-corrected chi connectivity index (χ4v) is 0.976. The van der Waals surface area contributed by atoms with E-state index in [-0.39, 0.29) is 37.2 Å². The molecule has 134 valence electrons. The highest BCUT2D eigenvalue weighted by Gasteiger charge is 2.04. The summed E-state index contributed by atoms with van der Waals surface area (Å²) in [6.45, 7) is -0.287. The molecule has 0 fully saturated rings. The van der Waals surface area contributed by atoms with Crippen LogP contribution in [0.4, 0.5) is 0 Å². The molecule has 10 nitrogen and oxygen atoms in total. The van der Waals surface area contributed by atoms with Crippen molar-refractivity contribution in [3.63, 3.8) is 0 Å². The smallest absolute Gasteiger partial charge is 0.335 e. The van der Waals surface area contributed by atoms with Gasteiger partial charge >= 0.3 is 11.9 Å². The molecule has 10 heteroatoms. The van der Waals surface area contributed by atoms with Crippen LogP contribution in [0.2, 0.25) is 0 Å². The maximum atomic E-state index is 10.3. The van der Waals surface area contributed by atoms with E-state index in [4.69, 9.17) is 20.4 Å². The fourth-order valence-electron chi connectivity index (χ4n) is 0.976. The molecule has 0 saturated heterocycles. The molecule has 0 atom stereocenters. The third-order valence-electron chi connectivity index (χ3n) is 2.10. The van der Waals surface area contributed by atoms with E-state index in [1.165, 1.54) is 24.3 Å². The van der Waals surface area contributed by atoms with Crippen molar-refractivity contribution >= 4 is 23.8 Å². The summed E-state index contributed by atoms with van der Waals surface area (Å²) in [5.74, 6) is -3.05. The second-order valence-electron chi connectivity index (χ2n) is 4.07. The number of hydrogen-bond acceptors (Lipinski definition) is 6. The van der Waals surface area contributed by atoms with Crippen LogP contribution in [0.3, 0.4) is 0 Å². The Bertz CT molecular complexity index is 493. The first kappa shape index (κ1) is 23.3. The zero-order chi connectivity index (χ0) is 19.1. The largest absolute Gasteiger partial charge is 0.478 e. The summed E-state index contributed by atoms with van der Waals surface area (Å²) in [5, 5.41) is 32.8. The van der Waals surface area contributed by atoms with E-state index in [0.29, 0.717) is 0 Å². The van der Waals surface area contributed by atoms with Crippen LogP contribution in [0, 0.1) is 0 Å². The van der Waals surface area contributed by atoms with Crippen molar-refractivity contribution in [1.29, 1.82) is 0 Å². The van der Waals surface area contributed by atoms with Gasteiger partial charge in [0, 0.05) is 12.8 Å². The van der Waals surface area contributed by atoms with Crippen LogP contribution in [0.5, 0.6) is 0 Å². The van der Waals surface area contributed by atoms with Gasteiger partial charge in [-0.25, -0.2) is 9.59 Å². The lowest BCUT2D eigenvalue weighted by Crippen LogP contribution is -2.11. The Kier molecular flexibility index (Phi) is 13.3. The molecule has 2 amide bonds. The second-order valence-corrected chi connectivity index (χ2v) is 4.07. The van der Waals surface area contributed by atoms with E-state index < -0.39 is 23.8 Å². The van der Waals surface area contributed by atoms with Gasteiger partial charge in [-0.15, -0.1) is 0 Å². The van der Waals surface area contributed by atoms with Gasteiger partial charge in [0.05, 0.1) is 24.3 Å². The van der Waals surface area contributed by atoms with E-state index >= 15 is 0 Å². The van der Waals surface area contributed by atoms with Gasteiger partial charge in [-0.2, -0.15) is 0 Å². The van der Waals surface area contributed by atoms with E-state index in [0.717, 1.165) is 0 Å². The van der Waals surface area contributed by atoms with Crippen molar-refractivity contribution < 1.29 is 39.6 Å². The van der Waals surface area contributed by atoms with Crippen LogP contribution in [-0.4, -0.2) is 57.4 Å². The molecule has 0 unspecified atom stereocenters. The van der Waals surface area contributed by atoms with E-state index in [2.05, 4.69) is 11.5 Å².